The zero-order valence-electron chi connectivity index (χ0n) is 19.8. The number of aromatic nitrogens is 2. The lowest BCUT2D eigenvalue weighted by Crippen LogP contribution is -2.63. The summed E-state index contributed by atoms with van der Waals surface area (Å²) in [6, 6.07) is 1.62. The Morgan fingerprint density at radius 1 is 1.00 bits per heavy atom. The molecule has 10 nitrogen and oxygen atoms in total. The summed E-state index contributed by atoms with van der Waals surface area (Å²) >= 11 is 0. The minimum absolute atomic E-state index is 0.0538. The van der Waals surface area contributed by atoms with Crippen LogP contribution < -0.4 is 10.2 Å². The average molecular weight is 473 g/mol. The Bertz CT molecular complexity index is 824. The number of rotatable bonds is 6. The van der Waals surface area contributed by atoms with Gasteiger partial charge in [-0.25, -0.2) is 14.8 Å². The van der Waals surface area contributed by atoms with Gasteiger partial charge in [-0.3, -0.25) is 4.79 Å². The number of urea groups is 1. The van der Waals surface area contributed by atoms with Crippen molar-refractivity contribution in [1.82, 2.24) is 25.1 Å². The number of nitrogens with zero attached hydrogens (tertiary/aromatic N) is 5. The molecule has 1 aromatic rings. The van der Waals surface area contributed by atoms with Crippen molar-refractivity contribution in [1.29, 1.82) is 0 Å². The van der Waals surface area contributed by atoms with Crippen LogP contribution in [0.25, 0.3) is 0 Å². The van der Waals surface area contributed by atoms with E-state index in [0.717, 1.165) is 77.1 Å². The molecule has 0 saturated carbocycles. The van der Waals surface area contributed by atoms with Crippen molar-refractivity contribution in [2.75, 3.05) is 50.8 Å². The van der Waals surface area contributed by atoms with Crippen molar-refractivity contribution < 1.29 is 19.1 Å². The summed E-state index contributed by atoms with van der Waals surface area (Å²) in [4.78, 5) is 40.7. The second-order valence-electron chi connectivity index (χ2n) is 9.71. The normalized spacial score (nSPS) is 28.0. The van der Waals surface area contributed by atoms with Gasteiger partial charge in [-0.2, -0.15) is 0 Å². The van der Waals surface area contributed by atoms with E-state index in [0.29, 0.717) is 19.8 Å². The summed E-state index contributed by atoms with van der Waals surface area (Å²) in [7, 11) is 0. The van der Waals surface area contributed by atoms with Gasteiger partial charge in [0.1, 0.15) is 6.10 Å². The fraction of sp³-hybridized carbons (Fsp3) is 0.750. The minimum Gasteiger partial charge on any atom is -0.376 e. The molecule has 4 saturated heterocycles. The highest BCUT2D eigenvalue weighted by atomic mass is 16.5. The summed E-state index contributed by atoms with van der Waals surface area (Å²) < 4.78 is 12.0. The second-order valence-corrected chi connectivity index (χ2v) is 9.71. The topological polar surface area (TPSA) is 100 Å². The molecule has 0 bridgehead atoms. The van der Waals surface area contributed by atoms with E-state index in [9.17, 15) is 9.59 Å². The van der Waals surface area contributed by atoms with Crippen molar-refractivity contribution in [3.8, 4) is 0 Å². The third-order valence-electron chi connectivity index (χ3n) is 7.48. The third-order valence-corrected chi connectivity index (χ3v) is 7.48. The molecule has 34 heavy (non-hydrogen) atoms. The highest BCUT2D eigenvalue weighted by Gasteiger charge is 2.40. The fourth-order valence-electron chi connectivity index (χ4n) is 5.33. The number of carbonyl (C=O) groups excluding carboxylic acids is 2. The Hall–Kier alpha value is -2.46. The van der Waals surface area contributed by atoms with Gasteiger partial charge in [0, 0.05) is 51.7 Å². The molecule has 1 N–H and O–H groups in total. The highest BCUT2D eigenvalue weighted by molar-refractivity contribution is 5.81. The predicted octanol–water partition coefficient (Wildman–Crippen LogP) is 1.42. The Morgan fingerprint density at radius 3 is 2.47 bits per heavy atom. The van der Waals surface area contributed by atoms with Crippen molar-refractivity contribution in [3.63, 3.8) is 0 Å². The third kappa shape index (κ3) is 5.27. The molecular formula is C24H36N6O4. The standard InChI is InChI=1S/C24H36N6O4/c31-22(21-6-2-16-33-21)27-19-5-1-13-30(24(32)29-11-4-12-29)20(19)17-34-18-7-14-28(15-8-18)23-25-9-3-10-26-23/h3,9-10,18-21H,1-2,4-8,11-17H2,(H,27,31)/t19-,20-,21+/m1/s1. The Morgan fingerprint density at radius 2 is 1.79 bits per heavy atom. The van der Waals surface area contributed by atoms with Crippen LogP contribution in [0, 0.1) is 0 Å². The fourth-order valence-corrected chi connectivity index (χ4v) is 5.33. The number of ether oxygens (including phenoxy) is 2. The number of carbonyl (C=O) groups is 2. The molecule has 0 spiro atoms. The Balaban J connectivity index is 1.20. The number of amides is 3. The van der Waals surface area contributed by atoms with Gasteiger partial charge in [-0.15, -0.1) is 0 Å². The van der Waals surface area contributed by atoms with Crippen LogP contribution in [0.3, 0.4) is 0 Å². The molecule has 1 aromatic heterocycles. The van der Waals surface area contributed by atoms with Crippen LogP contribution >= 0.6 is 0 Å². The van der Waals surface area contributed by atoms with E-state index in [1.807, 2.05) is 15.9 Å². The number of nitrogens with one attached hydrogen (secondary N) is 1. The summed E-state index contributed by atoms with van der Waals surface area (Å²) in [5.41, 5.74) is 0. The van der Waals surface area contributed by atoms with Gasteiger partial charge in [-0.05, 0) is 51.0 Å². The number of hydrogen-bond acceptors (Lipinski definition) is 7. The summed E-state index contributed by atoms with van der Waals surface area (Å²) in [6.07, 6.45) is 9.53. The average Bonchev–Trinajstić information content (AvgIpc) is 3.38. The quantitative estimate of drug-likeness (QED) is 0.668. The van der Waals surface area contributed by atoms with Gasteiger partial charge in [0.15, 0.2) is 0 Å². The number of likely N-dealkylation sites (tertiary alicyclic amines) is 2. The van der Waals surface area contributed by atoms with Crippen molar-refractivity contribution in [2.24, 2.45) is 0 Å². The molecule has 3 atom stereocenters. The van der Waals surface area contributed by atoms with Gasteiger partial charge < -0.3 is 29.5 Å². The SMILES string of the molecule is O=C(N[C@@H]1CCCN(C(=O)N2CCC2)[C@@H]1COC1CCN(c2ncccn2)CC1)[C@@H]1CCCO1. The molecule has 4 aliphatic rings. The molecule has 186 valence electrons. The highest BCUT2D eigenvalue weighted by Crippen LogP contribution is 2.25. The molecule has 5 heterocycles. The van der Waals surface area contributed by atoms with Crippen LogP contribution in [-0.4, -0.2) is 102 Å². The summed E-state index contributed by atoms with van der Waals surface area (Å²) in [5.74, 6) is 0.707. The summed E-state index contributed by atoms with van der Waals surface area (Å²) in [6.45, 7) is 5.10. The monoisotopic (exact) mass is 472 g/mol. The van der Waals surface area contributed by atoms with E-state index in [4.69, 9.17) is 9.47 Å². The lowest BCUT2D eigenvalue weighted by molar-refractivity contribution is -0.132. The van der Waals surface area contributed by atoms with E-state index in [-0.39, 0.29) is 36.2 Å². The van der Waals surface area contributed by atoms with Gasteiger partial charge in [0.2, 0.25) is 11.9 Å². The summed E-state index contributed by atoms with van der Waals surface area (Å²) in [5, 5.41) is 3.21. The van der Waals surface area contributed by atoms with Crippen molar-refractivity contribution in [3.05, 3.63) is 18.5 Å². The lowest BCUT2D eigenvalue weighted by atomic mass is 9.95. The van der Waals surface area contributed by atoms with Gasteiger partial charge >= 0.3 is 6.03 Å². The van der Waals surface area contributed by atoms with Crippen molar-refractivity contribution >= 4 is 17.9 Å². The van der Waals surface area contributed by atoms with Crippen LogP contribution in [0.1, 0.15) is 44.9 Å². The molecule has 4 aliphatic heterocycles. The van der Waals surface area contributed by atoms with E-state index >= 15 is 0 Å². The minimum atomic E-state index is -0.368. The number of hydrogen-bond donors (Lipinski definition) is 1. The maximum atomic E-state index is 13.2. The van der Waals surface area contributed by atoms with Crippen LogP contribution in [0.5, 0.6) is 0 Å². The van der Waals surface area contributed by atoms with E-state index in [1.165, 1.54) is 0 Å². The molecular weight excluding hydrogens is 436 g/mol. The zero-order valence-corrected chi connectivity index (χ0v) is 19.8. The zero-order chi connectivity index (χ0) is 23.3. The molecule has 0 aromatic carbocycles. The first-order valence-electron chi connectivity index (χ1n) is 12.8. The maximum Gasteiger partial charge on any atom is 0.320 e. The maximum absolute atomic E-state index is 13.2. The van der Waals surface area contributed by atoms with Crippen LogP contribution in [0.15, 0.2) is 18.5 Å². The second kappa shape index (κ2) is 10.9. The smallest absolute Gasteiger partial charge is 0.320 e. The molecule has 5 rings (SSSR count). The molecule has 0 aliphatic carbocycles. The number of anilines is 1. The largest absolute Gasteiger partial charge is 0.376 e. The first-order chi connectivity index (χ1) is 16.7. The van der Waals surface area contributed by atoms with Crippen LogP contribution in [0.2, 0.25) is 0 Å². The van der Waals surface area contributed by atoms with E-state index in [1.54, 1.807) is 12.4 Å². The van der Waals surface area contributed by atoms with Crippen molar-refractivity contribution in [2.45, 2.75) is 69.2 Å². The first kappa shape index (κ1) is 23.3. The van der Waals surface area contributed by atoms with Crippen LogP contribution in [-0.2, 0) is 14.3 Å². The molecule has 0 unspecified atom stereocenters. The van der Waals surface area contributed by atoms with E-state index in [2.05, 4.69) is 20.2 Å². The molecule has 3 amide bonds. The first-order valence-corrected chi connectivity index (χ1v) is 12.8. The van der Waals surface area contributed by atoms with Crippen LogP contribution in [0.4, 0.5) is 10.7 Å². The van der Waals surface area contributed by atoms with Gasteiger partial charge in [-0.1, -0.05) is 0 Å². The van der Waals surface area contributed by atoms with Gasteiger partial charge in [0.05, 0.1) is 24.8 Å². The predicted molar refractivity (Wildman–Crippen MR) is 125 cm³/mol. The molecule has 0 radical (unpaired) electrons. The van der Waals surface area contributed by atoms with Gasteiger partial charge in [0.25, 0.3) is 0 Å². The lowest BCUT2D eigenvalue weighted by Gasteiger charge is -2.45. The molecule has 10 heteroatoms. The Labute approximate surface area is 201 Å². The molecule has 4 fully saturated rings. The van der Waals surface area contributed by atoms with E-state index < -0.39 is 0 Å². The Kier molecular flexibility index (Phi) is 7.44. The number of piperidine rings is 2.